The Hall–Kier alpha value is -3.82. The molecule has 2 aromatic rings. The van der Waals surface area contributed by atoms with Crippen LogP contribution in [-0.2, 0) is 20.8 Å². The Bertz CT molecular complexity index is 1410. The number of allylic oxidation sites excluding steroid dienone is 1. The lowest BCUT2D eigenvalue weighted by Gasteiger charge is -2.26. The maximum absolute atomic E-state index is 13.7. The molecular formula is C31H37N3O7. The summed E-state index contributed by atoms with van der Waals surface area (Å²) in [5.41, 5.74) is 0.464. The monoisotopic (exact) mass is 563 g/mol. The molecule has 0 radical (unpaired) electrons. The number of aromatic nitrogens is 1. The number of hydrogen-bond acceptors (Lipinski definition) is 7. The number of carboxylic acid groups (broad SMARTS) is 1. The summed E-state index contributed by atoms with van der Waals surface area (Å²) >= 11 is 0. The third kappa shape index (κ3) is 5.08. The largest absolute Gasteiger partial charge is 0.493 e. The number of benzene rings is 1. The van der Waals surface area contributed by atoms with Crippen LogP contribution in [0.4, 0.5) is 0 Å². The highest BCUT2D eigenvalue weighted by Gasteiger charge is 2.61. The van der Waals surface area contributed by atoms with E-state index in [9.17, 15) is 19.5 Å². The number of pyridine rings is 1. The van der Waals surface area contributed by atoms with Gasteiger partial charge in [-0.15, -0.1) is 0 Å². The smallest absolute Gasteiger partial charge is 0.330 e. The van der Waals surface area contributed by atoms with Crippen LogP contribution in [0.3, 0.4) is 0 Å². The minimum Gasteiger partial charge on any atom is -0.493 e. The maximum Gasteiger partial charge on any atom is 0.330 e. The Morgan fingerprint density at radius 1 is 1.24 bits per heavy atom. The molecule has 0 bridgehead atoms. The molecule has 10 nitrogen and oxygen atoms in total. The molecule has 2 saturated carbocycles. The molecule has 2 N–H and O–H groups in total. The lowest BCUT2D eigenvalue weighted by Crippen LogP contribution is -2.49. The van der Waals surface area contributed by atoms with Gasteiger partial charge >= 0.3 is 5.97 Å². The van der Waals surface area contributed by atoms with Gasteiger partial charge in [-0.1, -0.05) is 12.2 Å². The molecule has 2 aliphatic carbocycles. The van der Waals surface area contributed by atoms with E-state index >= 15 is 0 Å². The number of rotatable bonds is 5. The fraction of sp³-hybridized carbons (Fsp3) is 0.548. The number of carboxylic acids is 1. The second-order valence-corrected chi connectivity index (χ2v) is 11.6. The molecule has 6 rings (SSSR count). The van der Waals surface area contributed by atoms with E-state index < -0.39 is 35.4 Å². The first-order valence-electron chi connectivity index (χ1n) is 14.7. The average Bonchev–Trinajstić information content (AvgIpc) is 3.26. The van der Waals surface area contributed by atoms with Gasteiger partial charge in [0.1, 0.15) is 23.1 Å². The first-order valence-corrected chi connectivity index (χ1v) is 14.7. The van der Waals surface area contributed by atoms with E-state index in [-0.39, 0.29) is 11.8 Å². The summed E-state index contributed by atoms with van der Waals surface area (Å²) < 4.78 is 18.1. The molecule has 1 aromatic heterocycles. The van der Waals surface area contributed by atoms with Crippen LogP contribution in [0.25, 0.3) is 10.9 Å². The van der Waals surface area contributed by atoms with Gasteiger partial charge in [-0.25, -0.2) is 9.78 Å². The first kappa shape index (κ1) is 27.4. The maximum atomic E-state index is 13.7. The molecule has 1 aromatic carbocycles. The van der Waals surface area contributed by atoms with Gasteiger partial charge in [0.05, 0.1) is 30.6 Å². The number of nitrogens with one attached hydrogen (secondary N) is 1. The molecule has 10 heteroatoms. The van der Waals surface area contributed by atoms with Gasteiger partial charge in [-0.2, -0.15) is 0 Å². The number of fused-ring (bicyclic) bond motifs is 5. The summed E-state index contributed by atoms with van der Waals surface area (Å²) in [6.45, 7) is 3.53. The molecule has 41 heavy (non-hydrogen) atoms. The second-order valence-electron chi connectivity index (χ2n) is 11.6. The van der Waals surface area contributed by atoms with Gasteiger partial charge in [0, 0.05) is 42.9 Å². The van der Waals surface area contributed by atoms with Crippen LogP contribution in [0.5, 0.6) is 17.4 Å². The predicted octanol–water partition coefficient (Wildman–Crippen LogP) is 3.50. The van der Waals surface area contributed by atoms with Crippen molar-refractivity contribution in [3.8, 4) is 17.4 Å². The zero-order valence-electron chi connectivity index (χ0n) is 23.6. The summed E-state index contributed by atoms with van der Waals surface area (Å²) in [7, 11) is 1.77. The van der Waals surface area contributed by atoms with Crippen LogP contribution < -0.4 is 19.5 Å². The summed E-state index contributed by atoms with van der Waals surface area (Å²) in [6, 6.07) is 5.61. The van der Waals surface area contributed by atoms with Crippen molar-refractivity contribution in [1.82, 2.24) is 15.2 Å². The highest BCUT2D eigenvalue weighted by atomic mass is 16.5. The Morgan fingerprint density at radius 3 is 2.88 bits per heavy atom. The molecule has 0 spiro atoms. The molecule has 4 aliphatic rings. The zero-order chi connectivity index (χ0) is 28.7. The molecule has 218 valence electrons. The fourth-order valence-electron chi connectivity index (χ4n) is 6.61. The van der Waals surface area contributed by atoms with Crippen molar-refractivity contribution in [1.29, 1.82) is 0 Å². The summed E-state index contributed by atoms with van der Waals surface area (Å²) in [5.74, 6) is -1.27. The quantitative estimate of drug-likeness (QED) is 0.530. The van der Waals surface area contributed by atoms with Gasteiger partial charge in [-0.3, -0.25) is 9.59 Å². The Balaban J connectivity index is 1.31. The molecule has 0 saturated heterocycles. The predicted molar refractivity (Wildman–Crippen MR) is 150 cm³/mol. The zero-order valence-corrected chi connectivity index (χ0v) is 23.6. The number of ether oxygens (including phenoxy) is 3. The van der Waals surface area contributed by atoms with Gasteiger partial charge in [0.25, 0.3) is 0 Å². The third-order valence-electron chi connectivity index (χ3n) is 8.95. The van der Waals surface area contributed by atoms with E-state index in [1.165, 1.54) is 0 Å². The van der Waals surface area contributed by atoms with E-state index in [1.54, 1.807) is 18.0 Å². The minimum atomic E-state index is -1.31. The van der Waals surface area contributed by atoms with Crippen molar-refractivity contribution in [2.75, 3.05) is 26.8 Å². The minimum absolute atomic E-state index is 0.106. The Labute approximate surface area is 239 Å². The lowest BCUT2D eigenvalue weighted by atomic mass is 9.93. The van der Waals surface area contributed by atoms with Gasteiger partial charge in [0.15, 0.2) is 0 Å². The highest BCUT2D eigenvalue weighted by molar-refractivity contribution is 5.94. The Kier molecular flexibility index (Phi) is 7.25. The second kappa shape index (κ2) is 10.9. The first-order chi connectivity index (χ1) is 19.8. The number of hydrogen-bond donors (Lipinski definition) is 2. The van der Waals surface area contributed by atoms with Crippen LogP contribution in [0.2, 0.25) is 0 Å². The van der Waals surface area contributed by atoms with Crippen molar-refractivity contribution >= 4 is 28.7 Å². The summed E-state index contributed by atoms with van der Waals surface area (Å²) in [5, 5.41) is 13.7. The molecule has 3 heterocycles. The molecular weight excluding hydrogens is 526 g/mol. The number of carbonyl (C=O) groups is 3. The normalized spacial score (nSPS) is 30.3. The van der Waals surface area contributed by atoms with E-state index in [0.717, 1.165) is 47.9 Å². The van der Waals surface area contributed by atoms with Gasteiger partial charge in [0.2, 0.25) is 17.7 Å². The fourth-order valence-corrected chi connectivity index (χ4v) is 6.61. The molecule has 5 atom stereocenters. The van der Waals surface area contributed by atoms with Crippen molar-refractivity contribution in [3.05, 3.63) is 35.9 Å². The Morgan fingerprint density at radius 2 is 2.07 bits per heavy atom. The topological polar surface area (TPSA) is 127 Å². The molecule has 5 unspecified atom stereocenters. The summed E-state index contributed by atoms with van der Waals surface area (Å²) in [4.78, 5) is 46.0. The molecule has 2 aliphatic heterocycles. The average molecular weight is 564 g/mol. The van der Waals surface area contributed by atoms with Crippen molar-refractivity contribution in [3.63, 3.8) is 0 Å². The van der Waals surface area contributed by atoms with Gasteiger partial charge < -0.3 is 29.5 Å². The van der Waals surface area contributed by atoms with Crippen molar-refractivity contribution < 1.29 is 33.7 Å². The van der Waals surface area contributed by atoms with Crippen molar-refractivity contribution in [2.24, 2.45) is 17.8 Å². The number of amides is 2. The van der Waals surface area contributed by atoms with Crippen LogP contribution in [0.15, 0.2) is 30.4 Å². The van der Waals surface area contributed by atoms with Gasteiger partial charge in [-0.05, 0) is 57.6 Å². The highest BCUT2D eigenvalue weighted by Crippen LogP contribution is 2.47. The van der Waals surface area contributed by atoms with Crippen LogP contribution in [0, 0.1) is 17.8 Å². The number of nitrogens with zero attached hydrogens (tertiary/aromatic N) is 2. The number of carbonyl (C=O) groups excluding carboxylic acids is 2. The molecule has 2 fully saturated rings. The van der Waals surface area contributed by atoms with E-state index in [1.807, 2.05) is 31.2 Å². The molecule has 2 amide bonds. The van der Waals surface area contributed by atoms with Crippen LogP contribution in [-0.4, -0.2) is 71.2 Å². The van der Waals surface area contributed by atoms with Crippen LogP contribution in [0.1, 0.15) is 51.0 Å². The summed E-state index contributed by atoms with van der Waals surface area (Å²) in [6.07, 6.45) is 7.78. The van der Waals surface area contributed by atoms with E-state index in [0.29, 0.717) is 50.7 Å². The third-order valence-corrected chi connectivity index (χ3v) is 8.95. The number of aliphatic carboxylic acids is 1. The van der Waals surface area contributed by atoms with E-state index in [2.05, 4.69) is 5.32 Å². The standard InChI is InChI=1S/C31H37N3O7/c1-3-39-26-16-25(20-9-10-24-21(11-13-40-24)27(20)32-26)41-19-14-22-23(15-19)29(36)34(2)12-7-5-4-6-8-18-17-31(18,30(37)38)33-28(22)35/h6,8-10,16,18-19,22-23H,3-5,7,11-15,17H2,1-2H3,(H,33,35)(H,37,38)/b8-6-. The van der Waals surface area contributed by atoms with Crippen LogP contribution >= 0.6 is 0 Å². The van der Waals surface area contributed by atoms with Crippen molar-refractivity contribution in [2.45, 2.75) is 63.5 Å². The SMILES string of the molecule is CCOc1cc(OC2CC3C(=O)NC4(C(=O)O)CC4/C=C\CCCCN(C)C(=O)C3C2)c2ccc3c(c2n1)CCO3. The lowest BCUT2D eigenvalue weighted by molar-refractivity contribution is -0.145. The van der Waals surface area contributed by atoms with E-state index in [4.69, 9.17) is 19.2 Å².